The number of benzene rings is 6. The number of nitrogens with one attached hydrogen (secondary N) is 1. The number of nitrogens with zero attached hydrogens (tertiary/aromatic N) is 6. The zero-order valence-electron chi connectivity index (χ0n) is 46.7. The van der Waals surface area contributed by atoms with E-state index in [1.54, 1.807) is 36.4 Å². The highest BCUT2D eigenvalue weighted by atomic mass is 32.2. The predicted molar refractivity (Wildman–Crippen MR) is 311 cm³/mol. The highest BCUT2D eigenvalue weighted by Crippen LogP contribution is 2.35. The van der Waals surface area contributed by atoms with Crippen molar-refractivity contribution in [2.75, 3.05) is 13.1 Å². The Morgan fingerprint density at radius 3 is 1.50 bits per heavy atom. The molecule has 0 unspecified atom stereocenters. The van der Waals surface area contributed by atoms with Crippen molar-refractivity contribution in [2.24, 2.45) is 0 Å². The van der Waals surface area contributed by atoms with E-state index in [-0.39, 0.29) is 46.0 Å². The summed E-state index contributed by atoms with van der Waals surface area (Å²) in [5.74, 6) is -2.72. The lowest BCUT2D eigenvalue weighted by Gasteiger charge is -2.23. The molecule has 2 aromatic heterocycles. The third kappa shape index (κ3) is 16.5. The van der Waals surface area contributed by atoms with Gasteiger partial charge in [-0.15, -0.1) is 0 Å². The van der Waals surface area contributed by atoms with Gasteiger partial charge in [-0.05, 0) is 102 Å². The van der Waals surface area contributed by atoms with Crippen molar-refractivity contribution < 1.29 is 78.7 Å². The van der Waals surface area contributed by atoms with Crippen LogP contribution in [-0.4, -0.2) is 103 Å². The van der Waals surface area contributed by atoms with Crippen LogP contribution in [-0.2, 0) is 76.3 Å². The number of sulfonamides is 2. The first-order valence-electron chi connectivity index (χ1n) is 27.2. The van der Waals surface area contributed by atoms with Gasteiger partial charge >= 0.3 is 12.4 Å². The van der Waals surface area contributed by atoms with E-state index in [1.807, 2.05) is 30.3 Å². The minimum atomic E-state index is -4.61. The molecule has 2 saturated heterocycles. The molecule has 0 spiro atoms. The first-order valence-corrected chi connectivity index (χ1v) is 32.7. The Bertz CT molecular complexity index is 4210. The molecule has 15 nitrogen and oxygen atoms in total. The monoisotopic (exact) mass is 1330 g/mol. The van der Waals surface area contributed by atoms with Crippen molar-refractivity contribution in [2.45, 2.75) is 101 Å². The number of aromatic nitrogens is 4. The van der Waals surface area contributed by atoms with E-state index in [2.05, 4.69) is 25.3 Å². The van der Waals surface area contributed by atoms with Gasteiger partial charge in [-0.2, -0.15) is 35.0 Å². The maximum absolute atomic E-state index is 14.5. The van der Waals surface area contributed by atoms with Gasteiger partial charge in [0.25, 0.3) is 0 Å². The Labute approximate surface area is 514 Å². The van der Waals surface area contributed by atoms with Gasteiger partial charge in [0.2, 0.25) is 40.9 Å². The summed E-state index contributed by atoms with van der Waals surface area (Å²) in [5, 5.41) is 2.15. The lowest BCUT2D eigenvalue weighted by Crippen LogP contribution is -2.45. The molecule has 10 rings (SSSR count). The van der Waals surface area contributed by atoms with E-state index < -0.39 is 138 Å². The lowest BCUT2D eigenvalue weighted by atomic mass is 10.0. The van der Waals surface area contributed by atoms with Crippen LogP contribution in [0.15, 0.2) is 190 Å². The highest BCUT2D eigenvalue weighted by Gasteiger charge is 2.45. The number of halogens is 10. The fourth-order valence-corrected chi connectivity index (χ4v) is 15.0. The number of alkyl halides is 8. The SMILES string of the molecule is O=C(CCc1cc(-c2ccc(C(F)(F)F)cc2)nc(SCc2ccccc2)n1)[C@@H]1C[C@@H](F)CN1S(=O)(=O)c1ccc(F)cc1.O=C(NCc1cc(-c2ccc(C(F)(F)F)cc2)nc(S(=O)(=O)Cc2ccccc2)n1)[C@@H]1C[C@@H](F)CN1S(=O)(=O)c1ccc(F)cc1. The molecule has 4 atom stereocenters. The highest BCUT2D eigenvalue weighted by molar-refractivity contribution is 7.98. The Morgan fingerprint density at radius 2 is 1.00 bits per heavy atom. The first kappa shape index (κ1) is 66.5. The molecule has 472 valence electrons. The van der Waals surface area contributed by atoms with Gasteiger partial charge in [-0.3, -0.25) is 9.59 Å². The van der Waals surface area contributed by atoms with Crippen molar-refractivity contribution in [3.05, 3.63) is 215 Å². The second-order valence-electron chi connectivity index (χ2n) is 20.7. The Hall–Kier alpha value is -7.96. The molecule has 0 bridgehead atoms. The van der Waals surface area contributed by atoms with Gasteiger partial charge in [0.15, 0.2) is 10.9 Å². The van der Waals surface area contributed by atoms with E-state index in [4.69, 9.17) is 0 Å². The van der Waals surface area contributed by atoms with Crippen LogP contribution in [0.4, 0.5) is 43.9 Å². The molecule has 29 heteroatoms. The maximum atomic E-state index is 14.5. The summed E-state index contributed by atoms with van der Waals surface area (Å²) in [4.78, 5) is 43.2. The average Bonchev–Trinajstić information content (AvgIpc) is 1.89. The molecule has 1 amide bonds. The smallest absolute Gasteiger partial charge is 0.349 e. The van der Waals surface area contributed by atoms with Crippen LogP contribution in [0.5, 0.6) is 0 Å². The predicted octanol–water partition coefficient (Wildman–Crippen LogP) is 11.6. The molecule has 2 fully saturated rings. The third-order valence-corrected chi connectivity index (χ3v) is 20.4. The first-order chi connectivity index (χ1) is 42.5. The van der Waals surface area contributed by atoms with Gasteiger partial charge < -0.3 is 5.32 Å². The number of hydrogen-bond donors (Lipinski definition) is 1. The second-order valence-corrected chi connectivity index (χ2v) is 27.3. The molecule has 0 aliphatic carbocycles. The molecule has 8 aromatic rings. The molecule has 6 aromatic carbocycles. The van der Waals surface area contributed by atoms with Crippen LogP contribution in [0.1, 0.15) is 52.9 Å². The van der Waals surface area contributed by atoms with Crippen LogP contribution in [0.2, 0.25) is 0 Å². The molecule has 0 radical (unpaired) electrons. The Kier molecular flexibility index (Phi) is 20.4. The van der Waals surface area contributed by atoms with Crippen molar-refractivity contribution in [1.29, 1.82) is 0 Å². The minimum absolute atomic E-state index is 0.0511. The number of sulfone groups is 1. The second kappa shape index (κ2) is 27.6. The van der Waals surface area contributed by atoms with E-state index in [9.17, 15) is 78.7 Å². The number of ketones is 1. The molecule has 2 aliphatic rings. The zero-order valence-corrected chi connectivity index (χ0v) is 50.0. The fraction of sp³-hybridized carbons (Fsp3) is 0.246. The van der Waals surface area contributed by atoms with Crippen molar-refractivity contribution in [3.63, 3.8) is 0 Å². The summed E-state index contributed by atoms with van der Waals surface area (Å²) in [6, 6.07) is 34.0. The van der Waals surface area contributed by atoms with Gasteiger partial charge in [0.1, 0.15) is 30.0 Å². The summed E-state index contributed by atoms with van der Waals surface area (Å²) < 4.78 is 215. The molecule has 0 saturated carbocycles. The fourth-order valence-electron chi connectivity index (χ4n) is 9.68. The standard InChI is InChI=1S/C31H26F5N3O3S2.C30H25F5N4O5S2/c32-23-10-13-26(14-11-23)44(41,42)39-18-24(33)16-28(39)29(40)15-12-25-17-27(21-6-8-22(9-7-21)31(34,35)36)38-30(37-25)43-19-20-4-2-1-3-5-20;31-22-10-12-25(13-11-22)46(43,44)39-17-23(32)14-27(39)28(40)36-16-24-15-26(20-6-8-21(9-7-20)30(33,34)35)38-29(37-24)45(41,42)18-19-4-2-1-3-5-19/h1-11,13-14,17,24,28H,12,15-16,18-19H2;1-13,15,23,27H,14,16-18H2,(H,36,40)/t24-,28+;23-,27+/m11/s1. The number of Topliss-reactive ketones (excluding diaryl/α,β-unsaturated/α-hetero) is 1. The summed E-state index contributed by atoms with van der Waals surface area (Å²) >= 11 is 1.32. The number of rotatable bonds is 19. The average molecular weight is 1330 g/mol. The van der Waals surface area contributed by atoms with Crippen LogP contribution in [0, 0.1) is 11.6 Å². The summed E-state index contributed by atoms with van der Waals surface area (Å²) in [7, 11) is -12.9. The molecular weight excluding hydrogens is 1280 g/mol. The van der Waals surface area contributed by atoms with Gasteiger partial charge in [0.05, 0.1) is 56.3 Å². The van der Waals surface area contributed by atoms with Crippen LogP contribution in [0.3, 0.4) is 0 Å². The van der Waals surface area contributed by atoms with Crippen LogP contribution >= 0.6 is 11.8 Å². The minimum Gasteiger partial charge on any atom is -0.349 e. The molecule has 90 heavy (non-hydrogen) atoms. The summed E-state index contributed by atoms with van der Waals surface area (Å²) in [5.41, 5.74) is 0.901. The van der Waals surface area contributed by atoms with Crippen LogP contribution < -0.4 is 5.32 Å². The normalized spacial score (nSPS) is 17.6. The third-order valence-electron chi connectivity index (χ3n) is 14.2. The van der Waals surface area contributed by atoms with Gasteiger partial charge in [-0.25, -0.2) is 62.8 Å². The zero-order chi connectivity index (χ0) is 64.8. The van der Waals surface area contributed by atoms with Crippen molar-refractivity contribution in [1.82, 2.24) is 33.9 Å². The largest absolute Gasteiger partial charge is 0.416 e. The number of amides is 1. The van der Waals surface area contributed by atoms with Gasteiger partial charge in [-0.1, -0.05) is 96.7 Å². The number of hydrogen-bond acceptors (Lipinski definition) is 13. The van der Waals surface area contributed by atoms with E-state index in [1.165, 1.54) is 30.0 Å². The van der Waals surface area contributed by atoms with Gasteiger partial charge in [0, 0.05) is 54.9 Å². The number of carbonyl (C=O) groups excluding carboxylic acids is 2. The van der Waals surface area contributed by atoms with E-state index >= 15 is 0 Å². The summed E-state index contributed by atoms with van der Waals surface area (Å²) in [6.45, 7) is -1.58. The van der Waals surface area contributed by atoms with Crippen LogP contribution in [0.25, 0.3) is 22.5 Å². The summed E-state index contributed by atoms with van der Waals surface area (Å²) in [6.07, 6.45) is -13.2. The molecule has 2 aliphatic heterocycles. The number of aryl methyl sites for hydroxylation is 1. The Morgan fingerprint density at radius 1 is 0.544 bits per heavy atom. The quantitative estimate of drug-likeness (QED) is 0.0455. The van der Waals surface area contributed by atoms with Crippen molar-refractivity contribution >= 4 is 53.3 Å². The molecular formula is C61H51F10N7O8S4. The number of thioether (sulfide) groups is 1. The number of carbonyl (C=O) groups is 2. The Balaban J connectivity index is 0.000000214. The molecule has 1 N–H and O–H groups in total. The van der Waals surface area contributed by atoms with E-state index in [0.717, 1.165) is 94.8 Å². The van der Waals surface area contributed by atoms with Crippen molar-refractivity contribution in [3.8, 4) is 22.5 Å². The maximum Gasteiger partial charge on any atom is 0.416 e. The topological polar surface area (TPSA) is 207 Å². The van der Waals surface area contributed by atoms with E-state index in [0.29, 0.717) is 37.7 Å². The molecule has 4 heterocycles. The lowest BCUT2D eigenvalue weighted by molar-refractivity contribution is -0.138.